The Balaban J connectivity index is 3.07. The van der Waals surface area contributed by atoms with Crippen molar-refractivity contribution in [3.8, 4) is 5.75 Å². The zero-order valence-electron chi connectivity index (χ0n) is 6.89. The number of H-pyrrole nitrogens is 1. The zero-order chi connectivity index (χ0) is 10.8. The van der Waals surface area contributed by atoms with Gasteiger partial charge in [-0.3, -0.25) is 4.79 Å². The maximum Gasteiger partial charge on any atom is 0.573 e. The summed E-state index contributed by atoms with van der Waals surface area (Å²) in [6.07, 6.45) is -2.34. The summed E-state index contributed by atoms with van der Waals surface area (Å²) < 4.78 is 38.8. The summed E-state index contributed by atoms with van der Waals surface area (Å²) in [6, 6.07) is 0.958. The SMILES string of the molecule is C=Cc1c[nH]c(=O)c(OC(F)(F)F)c1. The molecule has 1 aromatic heterocycles. The second-order valence-electron chi connectivity index (χ2n) is 2.38. The van der Waals surface area contributed by atoms with Crippen LogP contribution in [-0.4, -0.2) is 11.3 Å². The molecule has 76 valence electrons. The third-order valence-corrected chi connectivity index (χ3v) is 1.35. The van der Waals surface area contributed by atoms with Gasteiger partial charge in [-0.2, -0.15) is 0 Å². The normalized spacial score (nSPS) is 11.1. The molecule has 0 saturated heterocycles. The molecule has 0 bridgehead atoms. The van der Waals surface area contributed by atoms with Crippen LogP contribution in [0.4, 0.5) is 13.2 Å². The lowest BCUT2D eigenvalue weighted by Crippen LogP contribution is -2.22. The summed E-state index contributed by atoms with van der Waals surface area (Å²) in [7, 11) is 0. The number of hydrogen-bond acceptors (Lipinski definition) is 2. The van der Waals surface area contributed by atoms with Crippen LogP contribution in [0.3, 0.4) is 0 Å². The van der Waals surface area contributed by atoms with Gasteiger partial charge in [0.1, 0.15) is 0 Å². The van der Waals surface area contributed by atoms with Crippen LogP contribution in [0.5, 0.6) is 5.75 Å². The van der Waals surface area contributed by atoms with Crippen molar-refractivity contribution in [1.82, 2.24) is 4.98 Å². The van der Waals surface area contributed by atoms with E-state index in [-0.39, 0.29) is 0 Å². The molecule has 1 N–H and O–H groups in total. The molecule has 0 saturated carbocycles. The molecule has 0 aromatic carbocycles. The minimum absolute atomic E-state index is 0.337. The quantitative estimate of drug-likeness (QED) is 0.801. The average molecular weight is 205 g/mol. The van der Waals surface area contributed by atoms with Gasteiger partial charge in [-0.1, -0.05) is 12.7 Å². The average Bonchev–Trinajstić information content (AvgIpc) is 2.06. The van der Waals surface area contributed by atoms with Crippen molar-refractivity contribution in [2.45, 2.75) is 6.36 Å². The molecule has 0 amide bonds. The van der Waals surface area contributed by atoms with E-state index in [1.807, 2.05) is 0 Å². The van der Waals surface area contributed by atoms with Gasteiger partial charge in [0.15, 0.2) is 5.75 Å². The molecule has 0 radical (unpaired) electrons. The number of ether oxygens (including phenoxy) is 1. The molecule has 6 heteroatoms. The number of hydrogen-bond donors (Lipinski definition) is 1. The predicted molar refractivity (Wildman–Crippen MR) is 43.8 cm³/mol. The molecule has 1 heterocycles. The van der Waals surface area contributed by atoms with E-state index in [0.29, 0.717) is 5.56 Å². The molecule has 0 aliphatic carbocycles. The standard InChI is InChI=1S/C8H6F3NO2/c1-2-5-3-6(7(13)12-4-5)14-8(9,10)11/h2-4H,1H2,(H,12,13). The van der Waals surface area contributed by atoms with E-state index >= 15 is 0 Å². The number of aromatic amines is 1. The van der Waals surface area contributed by atoms with Gasteiger partial charge in [0, 0.05) is 6.20 Å². The summed E-state index contributed by atoms with van der Waals surface area (Å²) in [6.45, 7) is 3.34. The maximum atomic E-state index is 11.8. The monoisotopic (exact) mass is 205 g/mol. The minimum atomic E-state index is -4.87. The first kappa shape index (κ1) is 10.4. The second-order valence-corrected chi connectivity index (χ2v) is 2.38. The first-order valence-electron chi connectivity index (χ1n) is 3.53. The number of alkyl halides is 3. The number of rotatable bonds is 2. The van der Waals surface area contributed by atoms with Crippen molar-refractivity contribution < 1.29 is 17.9 Å². The lowest BCUT2D eigenvalue weighted by Gasteiger charge is -2.07. The van der Waals surface area contributed by atoms with E-state index in [1.165, 1.54) is 12.3 Å². The van der Waals surface area contributed by atoms with Crippen LogP contribution in [-0.2, 0) is 0 Å². The van der Waals surface area contributed by atoms with Crippen molar-refractivity contribution in [3.63, 3.8) is 0 Å². The predicted octanol–water partition coefficient (Wildman–Crippen LogP) is 1.92. The highest BCUT2D eigenvalue weighted by Crippen LogP contribution is 2.19. The van der Waals surface area contributed by atoms with Gasteiger partial charge >= 0.3 is 6.36 Å². The zero-order valence-corrected chi connectivity index (χ0v) is 6.89. The number of halogens is 3. The van der Waals surface area contributed by atoms with Gasteiger partial charge in [0.05, 0.1) is 0 Å². The largest absolute Gasteiger partial charge is 0.573 e. The van der Waals surface area contributed by atoms with Crippen molar-refractivity contribution >= 4 is 6.08 Å². The van der Waals surface area contributed by atoms with E-state index in [4.69, 9.17) is 0 Å². The highest BCUT2D eigenvalue weighted by molar-refractivity contribution is 5.47. The van der Waals surface area contributed by atoms with Gasteiger partial charge in [-0.25, -0.2) is 0 Å². The molecular weight excluding hydrogens is 199 g/mol. The Bertz CT molecular complexity index is 394. The fourth-order valence-corrected chi connectivity index (χ4v) is 0.797. The summed E-state index contributed by atoms with van der Waals surface area (Å²) in [4.78, 5) is 12.9. The lowest BCUT2D eigenvalue weighted by atomic mass is 10.3. The van der Waals surface area contributed by atoms with E-state index in [9.17, 15) is 18.0 Å². The third-order valence-electron chi connectivity index (χ3n) is 1.35. The molecule has 1 rings (SSSR count). The fourth-order valence-electron chi connectivity index (χ4n) is 0.797. The number of nitrogens with one attached hydrogen (secondary N) is 1. The topological polar surface area (TPSA) is 42.1 Å². The van der Waals surface area contributed by atoms with E-state index in [1.54, 1.807) is 0 Å². The molecule has 0 unspecified atom stereocenters. The Morgan fingerprint density at radius 2 is 2.14 bits per heavy atom. The van der Waals surface area contributed by atoms with Crippen molar-refractivity contribution in [3.05, 3.63) is 34.8 Å². The molecule has 0 atom stereocenters. The van der Waals surface area contributed by atoms with Crippen molar-refractivity contribution in [2.24, 2.45) is 0 Å². The molecular formula is C8H6F3NO2. The van der Waals surface area contributed by atoms with Crippen LogP contribution in [0.25, 0.3) is 6.08 Å². The molecule has 3 nitrogen and oxygen atoms in total. The van der Waals surface area contributed by atoms with E-state index in [0.717, 1.165) is 6.07 Å². The van der Waals surface area contributed by atoms with Crippen LogP contribution >= 0.6 is 0 Å². The lowest BCUT2D eigenvalue weighted by molar-refractivity contribution is -0.275. The molecule has 0 aliphatic heterocycles. The summed E-state index contributed by atoms with van der Waals surface area (Å²) in [5.74, 6) is -0.796. The highest BCUT2D eigenvalue weighted by Gasteiger charge is 2.32. The Morgan fingerprint density at radius 1 is 1.50 bits per heavy atom. The summed E-state index contributed by atoms with van der Waals surface area (Å²) in [5, 5.41) is 0. The van der Waals surface area contributed by atoms with Gasteiger partial charge in [-0.05, 0) is 11.6 Å². The molecule has 14 heavy (non-hydrogen) atoms. The molecule has 0 fully saturated rings. The Morgan fingerprint density at radius 3 is 2.64 bits per heavy atom. The summed E-state index contributed by atoms with van der Waals surface area (Å²) in [5.41, 5.74) is -0.600. The second kappa shape index (κ2) is 3.57. The van der Waals surface area contributed by atoms with Gasteiger partial charge < -0.3 is 9.72 Å². The van der Waals surface area contributed by atoms with Crippen LogP contribution in [0.15, 0.2) is 23.6 Å². The Kier molecular flexibility index (Phi) is 2.64. The Labute approximate surface area is 76.8 Å². The van der Waals surface area contributed by atoms with Gasteiger partial charge in [0.2, 0.25) is 0 Å². The maximum absolute atomic E-state index is 11.8. The smallest absolute Gasteiger partial charge is 0.400 e. The minimum Gasteiger partial charge on any atom is -0.400 e. The molecule has 1 aromatic rings. The number of aromatic nitrogens is 1. The first-order chi connectivity index (χ1) is 6.42. The van der Waals surface area contributed by atoms with E-state index in [2.05, 4.69) is 16.3 Å². The van der Waals surface area contributed by atoms with Gasteiger partial charge in [0.25, 0.3) is 5.56 Å². The van der Waals surface area contributed by atoms with Crippen LogP contribution in [0, 0.1) is 0 Å². The van der Waals surface area contributed by atoms with Crippen LogP contribution in [0.1, 0.15) is 5.56 Å². The van der Waals surface area contributed by atoms with Crippen LogP contribution in [0.2, 0.25) is 0 Å². The van der Waals surface area contributed by atoms with E-state index < -0.39 is 17.7 Å². The Hall–Kier alpha value is -1.72. The van der Waals surface area contributed by atoms with Gasteiger partial charge in [-0.15, -0.1) is 13.2 Å². The molecule has 0 spiro atoms. The highest BCUT2D eigenvalue weighted by atomic mass is 19.4. The third kappa shape index (κ3) is 2.65. The number of pyridine rings is 1. The van der Waals surface area contributed by atoms with Crippen LogP contribution < -0.4 is 10.3 Å². The molecule has 0 aliphatic rings. The van der Waals surface area contributed by atoms with Crippen molar-refractivity contribution in [2.75, 3.05) is 0 Å². The first-order valence-corrected chi connectivity index (χ1v) is 3.53. The summed E-state index contributed by atoms with van der Waals surface area (Å²) >= 11 is 0. The fraction of sp³-hybridized carbons (Fsp3) is 0.125. The van der Waals surface area contributed by atoms with Crippen molar-refractivity contribution in [1.29, 1.82) is 0 Å².